The van der Waals surface area contributed by atoms with Crippen LogP contribution in [0.15, 0.2) is 60.2 Å². The average molecular weight is 451 g/mol. The van der Waals surface area contributed by atoms with Gasteiger partial charge in [0.2, 0.25) is 0 Å². The number of aliphatic hydroxyl groups is 1. The van der Waals surface area contributed by atoms with Gasteiger partial charge in [0, 0.05) is 12.1 Å². The normalized spacial score (nSPS) is 17.7. The van der Waals surface area contributed by atoms with E-state index in [0.717, 1.165) is 38.0 Å². The van der Waals surface area contributed by atoms with Crippen molar-refractivity contribution in [3.8, 4) is 5.75 Å². The highest BCUT2D eigenvalue weighted by Gasteiger charge is 2.45. The van der Waals surface area contributed by atoms with Crippen LogP contribution in [-0.2, 0) is 9.59 Å². The van der Waals surface area contributed by atoms with E-state index >= 15 is 0 Å². The van der Waals surface area contributed by atoms with E-state index in [0.29, 0.717) is 24.5 Å². The van der Waals surface area contributed by atoms with E-state index < -0.39 is 17.7 Å². The highest BCUT2D eigenvalue weighted by Crippen LogP contribution is 2.39. The maximum Gasteiger partial charge on any atom is 0.295 e. The van der Waals surface area contributed by atoms with Crippen LogP contribution in [0.25, 0.3) is 5.76 Å². The molecule has 3 rings (SSSR count). The van der Waals surface area contributed by atoms with E-state index in [4.69, 9.17) is 4.74 Å². The van der Waals surface area contributed by atoms with Gasteiger partial charge in [-0.3, -0.25) is 9.59 Å². The molecule has 0 bridgehead atoms. The Hall–Kier alpha value is -3.12. The molecule has 1 aliphatic heterocycles. The molecule has 2 aromatic rings. The second-order valence-electron chi connectivity index (χ2n) is 8.16. The van der Waals surface area contributed by atoms with E-state index in [-0.39, 0.29) is 11.3 Å². The molecular weight excluding hydrogens is 416 g/mol. The lowest BCUT2D eigenvalue weighted by atomic mass is 9.95. The van der Waals surface area contributed by atoms with Gasteiger partial charge in [-0.25, -0.2) is 0 Å². The Morgan fingerprint density at radius 2 is 1.76 bits per heavy atom. The summed E-state index contributed by atoms with van der Waals surface area (Å²) in [5, 5.41) is 11.2. The molecule has 0 radical (unpaired) electrons. The fourth-order valence-corrected chi connectivity index (χ4v) is 4.21. The Morgan fingerprint density at radius 1 is 1.03 bits per heavy atom. The Labute approximate surface area is 196 Å². The van der Waals surface area contributed by atoms with Crippen LogP contribution >= 0.6 is 0 Å². The number of aliphatic hydroxyl groups excluding tert-OH is 1. The molecule has 176 valence electrons. The lowest BCUT2D eigenvalue weighted by Gasteiger charge is -2.26. The minimum absolute atomic E-state index is 0.127. The van der Waals surface area contributed by atoms with Gasteiger partial charge >= 0.3 is 0 Å². The number of carbonyl (C=O) groups is 2. The van der Waals surface area contributed by atoms with Crippen molar-refractivity contribution in [3.63, 3.8) is 0 Å². The van der Waals surface area contributed by atoms with E-state index in [1.165, 1.54) is 0 Å². The molecule has 1 aliphatic rings. The standard InChI is InChI=1S/C27H34N2O4/c1-4-18-33-22-15-10-14-21(19-22)25(30)23-24(20-12-8-7-9-13-20)29(27(32)26(23)31)17-11-16-28(5-2)6-3/h7-10,12-15,19,24,30H,4-6,11,16-18H2,1-3H3. The van der Waals surface area contributed by atoms with E-state index in [1.807, 2.05) is 43.3 Å². The monoisotopic (exact) mass is 450 g/mol. The van der Waals surface area contributed by atoms with Gasteiger partial charge in [-0.15, -0.1) is 0 Å². The summed E-state index contributed by atoms with van der Waals surface area (Å²) < 4.78 is 5.69. The topological polar surface area (TPSA) is 70.1 Å². The summed E-state index contributed by atoms with van der Waals surface area (Å²) in [6.45, 7) is 9.96. The second-order valence-corrected chi connectivity index (χ2v) is 8.16. The number of likely N-dealkylation sites (tertiary alicyclic amines) is 1. The number of rotatable bonds is 11. The maximum atomic E-state index is 13.1. The van der Waals surface area contributed by atoms with Gasteiger partial charge in [-0.1, -0.05) is 63.2 Å². The van der Waals surface area contributed by atoms with Crippen molar-refractivity contribution >= 4 is 17.4 Å². The van der Waals surface area contributed by atoms with Crippen LogP contribution < -0.4 is 4.74 Å². The van der Waals surface area contributed by atoms with Gasteiger partial charge in [0.05, 0.1) is 18.2 Å². The molecule has 0 aliphatic carbocycles. The third-order valence-electron chi connectivity index (χ3n) is 6.00. The second kappa shape index (κ2) is 11.7. The van der Waals surface area contributed by atoms with Crippen LogP contribution in [0.4, 0.5) is 0 Å². The van der Waals surface area contributed by atoms with Crippen molar-refractivity contribution < 1.29 is 19.4 Å². The van der Waals surface area contributed by atoms with Gasteiger partial charge < -0.3 is 19.6 Å². The minimum atomic E-state index is -0.649. The number of ether oxygens (including phenoxy) is 1. The lowest BCUT2D eigenvalue weighted by Crippen LogP contribution is -2.33. The fourth-order valence-electron chi connectivity index (χ4n) is 4.21. The molecule has 6 nitrogen and oxygen atoms in total. The molecule has 1 atom stereocenters. The average Bonchev–Trinajstić information content (AvgIpc) is 3.10. The van der Waals surface area contributed by atoms with Crippen LogP contribution in [0.2, 0.25) is 0 Å². The van der Waals surface area contributed by atoms with Gasteiger partial charge in [-0.2, -0.15) is 0 Å². The Balaban J connectivity index is 1.98. The summed E-state index contributed by atoms with van der Waals surface area (Å²) in [6, 6.07) is 15.8. The molecule has 1 unspecified atom stereocenters. The Bertz CT molecular complexity index is 983. The quantitative estimate of drug-likeness (QED) is 0.307. The number of hydrogen-bond acceptors (Lipinski definition) is 5. The van der Waals surface area contributed by atoms with Crippen molar-refractivity contribution in [2.24, 2.45) is 0 Å². The number of Topliss-reactive ketones (excluding diaryl/α,β-unsaturated/α-hetero) is 1. The molecule has 1 amide bonds. The number of carbonyl (C=O) groups excluding carboxylic acids is 2. The van der Waals surface area contributed by atoms with Crippen LogP contribution in [0.3, 0.4) is 0 Å². The summed E-state index contributed by atoms with van der Waals surface area (Å²) in [7, 11) is 0. The number of benzene rings is 2. The highest BCUT2D eigenvalue weighted by atomic mass is 16.5. The zero-order chi connectivity index (χ0) is 23.8. The molecule has 1 heterocycles. The predicted octanol–water partition coefficient (Wildman–Crippen LogP) is 4.63. The van der Waals surface area contributed by atoms with E-state index in [1.54, 1.807) is 23.1 Å². The van der Waals surface area contributed by atoms with Crippen molar-refractivity contribution in [2.45, 2.75) is 39.7 Å². The smallest absolute Gasteiger partial charge is 0.295 e. The third-order valence-corrected chi connectivity index (χ3v) is 6.00. The predicted molar refractivity (Wildman–Crippen MR) is 130 cm³/mol. The molecule has 0 spiro atoms. The molecule has 33 heavy (non-hydrogen) atoms. The molecular formula is C27H34N2O4. The number of amides is 1. The molecule has 1 N–H and O–H groups in total. The number of nitrogens with zero attached hydrogens (tertiary/aromatic N) is 2. The molecule has 0 aromatic heterocycles. The first kappa shape index (κ1) is 24.5. The lowest BCUT2D eigenvalue weighted by molar-refractivity contribution is -0.140. The maximum absolute atomic E-state index is 13.1. The minimum Gasteiger partial charge on any atom is -0.507 e. The van der Waals surface area contributed by atoms with Crippen LogP contribution in [0.5, 0.6) is 5.75 Å². The Kier molecular flexibility index (Phi) is 8.66. The first-order valence-electron chi connectivity index (χ1n) is 11.8. The van der Waals surface area contributed by atoms with Crippen LogP contribution in [0.1, 0.15) is 50.8 Å². The highest BCUT2D eigenvalue weighted by molar-refractivity contribution is 6.46. The van der Waals surface area contributed by atoms with Gasteiger partial charge in [0.1, 0.15) is 11.5 Å². The molecule has 2 aromatic carbocycles. The first-order chi connectivity index (χ1) is 16.0. The largest absolute Gasteiger partial charge is 0.507 e. The summed E-state index contributed by atoms with van der Waals surface area (Å²) in [5.74, 6) is -0.770. The van der Waals surface area contributed by atoms with Crippen molar-refractivity contribution in [2.75, 3.05) is 32.8 Å². The third kappa shape index (κ3) is 5.63. The Morgan fingerprint density at radius 3 is 2.42 bits per heavy atom. The van der Waals surface area contributed by atoms with Gasteiger partial charge in [0.15, 0.2) is 0 Å². The molecule has 0 saturated carbocycles. The van der Waals surface area contributed by atoms with Gasteiger partial charge in [-0.05, 0) is 50.2 Å². The van der Waals surface area contributed by atoms with E-state index in [9.17, 15) is 14.7 Å². The zero-order valence-corrected chi connectivity index (χ0v) is 19.8. The number of ketones is 1. The van der Waals surface area contributed by atoms with E-state index in [2.05, 4.69) is 18.7 Å². The van der Waals surface area contributed by atoms with Crippen molar-refractivity contribution in [1.82, 2.24) is 9.80 Å². The summed E-state index contributed by atoms with van der Waals surface area (Å²) >= 11 is 0. The first-order valence-corrected chi connectivity index (χ1v) is 11.8. The number of hydrogen-bond donors (Lipinski definition) is 1. The van der Waals surface area contributed by atoms with Crippen LogP contribution in [-0.4, -0.2) is 59.4 Å². The molecule has 1 fully saturated rings. The van der Waals surface area contributed by atoms with Crippen molar-refractivity contribution in [1.29, 1.82) is 0 Å². The molecule has 1 saturated heterocycles. The zero-order valence-electron chi connectivity index (χ0n) is 19.8. The summed E-state index contributed by atoms with van der Waals surface area (Å²) in [5.41, 5.74) is 1.40. The van der Waals surface area contributed by atoms with Gasteiger partial charge in [0.25, 0.3) is 11.7 Å². The van der Waals surface area contributed by atoms with Crippen molar-refractivity contribution in [3.05, 3.63) is 71.3 Å². The molecule has 6 heteroatoms. The summed E-state index contributed by atoms with van der Waals surface area (Å²) in [6.07, 6.45) is 1.61. The fraction of sp³-hybridized carbons (Fsp3) is 0.407. The van der Waals surface area contributed by atoms with Crippen LogP contribution in [0, 0.1) is 0 Å². The SMILES string of the molecule is CCCOc1cccc(C(O)=C2C(=O)C(=O)N(CCCN(CC)CC)C2c2ccccc2)c1. The summed E-state index contributed by atoms with van der Waals surface area (Å²) in [4.78, 5) is 30.1.